The number of hydrogen-bond donors (Lipinski definition) is 3. The summed E-state index contributed by atoms with van der Waals surface area (Å²) in [4.78, 5) is 22.2. The third-order valence-corrected chi connectivity index (χ3v) is 3.05. The highest BCUT2D eigenvalue weighted by Crippen LogP contribution is 2.22. The molecule has 0 saturated heterocycles. The van der Waals surface area contributed by atoms with Crippen LogP contribution in [0.2, 0.25) is 0 Å². The van der Waals surface area contributed by atoms with Crippen molar-refractivity contribution in [3.63, 3.8) is 0 Å². The smallest absolute Gasteiger partial charge is 0.239 e. The zero-order chi connectivity index (χ0) is 14.0. The topological polar surface area (TPSA) is 96.2 Å². The summed E-state index contributed by atoms with van der Waals surface area (Å²) in [6, 6.07) is 0.371. The predicted octanol–water partition coefficient (Wildman–Crippen LogP) is 0.0938. The average molecular weight is 264 g/mol. The van der Waals surface area contributed by atoms with Gasteiger partial charge in [-0.3, -0.25) is 4.79 Å². The standard InChI is InChI=1S/C12H20N6O/c1-7-11(17-13)14-8(2)15-12(7)18(3)6-10(19)16-9-4-5-9/h9H,4-6,13H2,1-3H3,(H,16,19)(H,14,15,17). The van der Waals surface area contributed by atoms with E-state index >= 15 is 0 Å². The molecule has 1 amide bonds. The number of nitrogens with two attached hydrogens (primary N) is 1. The van der Waals surface area contributed by atoms with Crippen molar-refractivity contribution >= 4 is 17.5 Å². The first-order valence-electron chi connectivity index (χ1n) is 6.33. The summed E-state index contributed by atoms with van der Waals surface area (Å²) in [5, 5.41) is 2.95. The van der Waals surface area contributed by atoms with Gasteiger partial charge in [0.1, 0.15) is 17.5 Å². The fourth-order valence-electron chi connectivity index (χ4n) is 1.92. The molecule has 2 rings (SSSR count). The predicted molar refractivity (Wildman–Crippen MR) is 73.8 cm³/mol. The van der Waals surface area contributed by atoms with Crippen molar-refractivity contribution in [2.75, 3.05) is 23.9 Å². The molecule has 1 aliphatic carbocycles. The monoisotopic (exact) mass is 264 g/mol. The number of aryl methyl sites for hydroxylation is 1. The summed E-state index contributed by atoms with van der Waals surface area (Å²) < 4.78 is 0. The molecule has 7 heteroatoms. The lowest BCUT2D eigenvalue weighted by atomic mass is 10.3. The molecule has 104 valence electrons. The van der Waals surface area contributed by atoms with Crippen LogP contribution in [0.5, 0.6) is 0 Å². The van der Waals surface area contributed by atoms with Crippen molar-refractivity contribution in [1.29, 1.82) is 0 Å². The highest BCUT2D eigenvalue weighted by molar-refractivity contribution is 5.82. The van der Waals surface area contributed by atoms with Gasteiger partial charge in [0.05, 0.1) is 6.54 Å². The van der Waals surface area contributed by atoms with Crippen molar-refractivity contribution in [2.45, 2.75) is 32.7 Å². The van der Waals surface area contributed by atoms with E-state index in [9.17, 15) is 4.79 Å². The van der Waals surface area contributed by atoms with Gasteiger partial charge in [0.25, 0.3) is 0 Å². The number of hydrazine groups is 1. The molecule has 7 nitrogen and oxygen atoms in total. The van der Waals surface area contributed by atoms with Gasteiger partial charge >= 0.3 is 0 Å². The maximum Gasteiger partial charge on any atom is 0.239 e. The summed E-state index contributed by atoms with van der Waals surface area (Å²) in [5.41, 5.74) is 3.38. The van der Waals surface area contributed by atoms with Gasteiger partial charge in [-0.15, -0.1) is 0 Å². The summed E-state index contributed by atoms with van der Waals surface area (Å²) in [6.07, 6.45) is 2.17. The minimum atomic E-state index is 0.0166. The number of carbonyl (C=O) groups is 1. The second kappa shape index (κ2) is 5.40. The van der Waals surface area contributed by atoms with E-state index in [4.69, 9.17) is 5.84 Å². The molecule has 0 aromatic carbocycles. The number of nitrogens with zero attached hydrogens (tertiary/aromatic N) is 3. The lowest BCUT2D eigenvalue weighted by molar-refractivity contribution is -0.119. The summed E-state index contributed by atoms with van der Waals surface area (Å²) >= 11 is 0. The first-order valence-corrected chi connectivity index (χ1v) is 6.33. The highest BCUT2D eigenvalue weighted by Gasteiger charge is 2.24. The van der Waals surface area contributed by atoms with Gasteiger partial charge in [-0.05, 0) is 26.7 Å². The van der Waals surface area contributed by atoms with Crippen LogP contribution in [0.1, 0.15) is 24.2 Å². The lowest BCUT2D eigenvalue weighted by Gasteiger charge is -2.21. The normalized spacial score (nSPS) is 14.1. The summed E-state index contributed by atoms with van der Waals surface area (Å²) in [7, 11) is 1.83. The van der Waals surface area contributed by atoms with E-state index in [2.05, 4.69) is 20.7 Å². The Hall–Kier alpha value is -1.89. The zero-order valence-corrected chi connectivity index (χ0v) is 11.5. The molecule has 1 heterocycles. The molecule has 0 bridgehead atoms. The van der Waals surface area contributed by atoms with Crippen LogP contribution in [0.4, 0.5) is 11.6 Å². The molecule has 0 radical (unpaired) electrons. The Labute approximate surface area is 112 Å². The minimum absolute atomic E-state index is 0.0166. The van der Waals surface area contributed by atoms with Crippen LogP contribution < -0.4 is 21.5 Å². The number of nitrogen functional groups attached to an aromatic ring is 1. The first-order chi connectivity index (χ1) is 9.01. The highest BCUT2D eigenvalue weighted by atomic mass is 16.2. The quantitative estimate of drug-likeness (QED) is 0.515. The van der Waals surface area contributed by atoms with Crippen molar-refractivity contribution < 1.29 is 4.79 Å². The molecule has 1 fully saturated rings. The van der Waals surface area contributed by atoms with Gasteiger partial charge in [0, 0.05) is 18.7 Å². The Bertz CT molecular complexity index is 485. The van der Waals surface area contributed by atoms with Crippen molar-refractivity contribution in [3.8, 4) is 0 Å². The Morgan fingerprint density at radius 1 is 1.42 bits per heavy atom. The Kier molecular flexibility index (Phi) is 3.84. The van der Waals surface area contributed by atoms with E-state index in [1.807, 2.05) is 18.9 Å². The third kappa shape index (κ3) is 3.31. The summed E-state index contributed by atoms with van der Waals surface area (Å²) in [5.74, 6) is 7.35. The van der Waals surface area contributed by atoms with Gasteiger partial charge in [-0.1, -0.05) is 0 Å². The second-order valence-corrected chi connectivity index (χ2v) is 4.91. The number of aromatic nitrogens is 2. The van der Waals surface area contributed by atoms with E-state index in [1.165, 1.54) is 0 Å². The van der Waals surface area contributed by atoms with E-state index in [0.717, 1.165) is 18.4 Å². The number of nitrogens with one attached hydrogen (secondary N) is 2. The van der Waals surface area contributed by atoms with E-state index in [0.29, 0.717) is 23.5 Å². The molecule has 0 atom stereocenters. The van der Waals surface area contributed by atoms with Gasteiger partial charge in [-0.25, -0.2) is 15.8 Å². The van der Waals surface area contributed by atoms with Crippen LogP contribution in [-0.2, 0) is 4.79 Å². The molecule has 1 aromatic heterocycles. The van der Waals surface area contributed by atoms with Crippen LogP contribution in [0.3, 0.4) is 0 Å². The van der Waals surface area contributed by atoms with Crippen LogP contribution in [0.15, 0.2) is 0 Å². The van der Waals surface area contributed by atoms with Gasteiger partial charge in [0.15, 0.2) is 0 Å². The molecular weight excluding hydrogens is 244 g/mol. The number of carbonyl (C=O) groups excluding carboxylic acids is 1. The van der Waals surface area contributed by atoms with Crippen LogP contribution in [0, 0.1) is 13.8 Å². The Morgan fingerprint density at radius 2 is 2.11 bits per heavy atom. The van der Waals surface area contributed by atoms with E-state index < -0.39 is 0 Å². The molecule has 0 aliphatic heterocycles. The number of amides is 1. The number of anilines is 2. The fraction of sp³-hybridized carbons (Fsp3) is 0.583. The average Bonchev–Trinajstić information content (AvgIpc) is 3.15. The molecule has 4 N–H and O–H groups in total. The lowest BCUT2D eigenvalue weighted by Crippen LogP contribution is -2.37. The van der Waals surface area contributed by atoms with Crippen molar-refractivity contribution in [3.05, 3.63) is 11.4 Å². The van der Waals surface area contributed by atoms with Crippen LogP contribution >= 0.6 is 0 Å². The molecule has 19 heavy (non-hydrogen) atoms. The van der Waals surface area contributed by atoms with Crippen molar-refractivity contribution in [2.24, 2.45) is 5.84 Å². The minimum Gasteiger partial charge on any atom is -0.352 e. The number of likely N-dealkylation sites (N-methyl/N-ethyl adjacent to an activating group) is 1. The van der Waals surface area contributed by atoms with Gasteiger partial charge in [-0.2, -0.15) is 0 Å². The largest absolute Gasteiger partial charge is 0.352 e. The van der Waals surface area contributed by atoms with Gasteiger partial charge in [0.2, 0.25) is 5.91 Å². The molecular formula is C12H20N6O. The van der Waals surface area contributed by atoms with E-state index in [1.54, 1.807) is 6.92 Å². The first kappa shape index (κ1) is 13.5. The van der Waals surface area contributed by atoms with E-state index in [-0.39, 0.29) is 12.5 Å². The molecule has 1 aliphatic rings. The SMILES string of the molecule is Cc1nc(NN)c(C)c(N(C)CC(=O)NC2CC2)n1. The maximum absolute atomic E-state index is 11.8. The molecule has 0 spiro atoms. The molecule has 1 saturated carbocycles. The third-order valence-electron chi connectivity index (χ3n) is 3.05. The molecule has 1 aromatic rings. The Balaban J connectivity index is 2.10. The maximum atomic E-state index is 11.8. The fourth-order valence-corrected chi connectivity index (χ4v) is 1.92. The van der Waals surface area contributed by atoms with Gasteiger partial charge < -0.3 is 15.6 Å². The Morgan fingerprint density at radius 3 is 2.68 bits per heavy atom. The van der Waals surface area contributed by atoms with Crippen LogP contribution in [0.25, 0.3) is 0 Å². The summed E-state index contributed by atoms with van der Waals surface area (Å²) in [6.45, 7) is 3.94. The van der Waals surface area contributed by atoms with Crippen molar-refractivity contribution in [1.82, 2.24) is 15.3 Å². The number of hydrogen-bond acceptors (Lipinski definition) is 6. The zero-order valence-electron chi connectivity index (χ0n) is 11.5. The number of rotatable bonds is 5. The molecule has 0 unspecified atom stereocenters. The van der Waals surface area contributed by atoms with Crippen LogP contribution in [-0.4, -0.2) is 35.5 Å². The second-order valence-electron chi connectivity index (χ2n) is 4.91.